The highest BCUT2D eigenvalue weighted by molar-refractivity contribution is 7.16. The molecule has 1 aromatic carbocycles. The minimum Gasteiger partial charge on any atom is -0.493 e. The fourth-order valence-electron chi connectivity index (χ4n) is 2.44. The fourth-order valence-corrected chi connectivity index (χ4v) is 3.36. The summed E-state index contributed by atoms with van der Waals surface area (Å²) < 4.78 is 7.14. The zero-order valence-corrected chi connectivity index (χ0v) is 14.6. The highest BCUT2D eigenvalue weighted by atomic mass is 32.1. The van der Waals surface area contributed by atoms with Gasteiger partial charge in [-0.1, -0.05) is 37.3 Å². The Kier molecular flexibility index (Phi) is 4.53. The summed E-state index contributed by atoms with van der Waals surface area (Å²) in [6.45, 7) is 6.47. The van der Waals surface area contributed by atoms with Crippen LogP contribution >= 0.6 is 11.3 Å². The molecule has 7 heteroatoms. The summed E-state index contributed by atoms with van der Waals surface area (Å²) in [6.07, 6.45) is 0.609. The van der Waals surface area contributed by atoms with E-state index < -0.39 is 5.97 Å². The smallest absolute Gasteiger partial charge is 0.356 e. The second-order valence-electron chi connectivity index (χ2n) is 5.86. The van der Waals surface area contributed by atoms with E-state index in [-0.39, 0.29) is 5.69 Å². The number of carbonyl (C=O) groups is 1. The Morgan fingerprint density at radius 1 is 1.33 bits per heavy atom. The molecule has 0 aliphatic carbocycles. The molecule has 2 aromatic heterocycles. The first-order valence-electron chi connectivity index (χ1n) is 7.77. The van der Waals surface area contributed by atoms with Crippen molar-refractivity contribution in [1.82, 2.24) is 14.6 Å². The number of carboxylic acids is 1. The van der Waals surface area contributed by atoms with Gasteiger partial charge in [0.1, 0.15) is 10.8 Å². The second-order valence-corrected chi connectivity index (χ2v) is 6.90. The number of hydrogen-bond donors (Lipinski definition) is 1. The summed E-state index contributed by atoms with van der Waals surface area (Å²) >= 11 is 1.39. The van der Waals surface area contributed by atoms with Crippen LogP contribution in [0.5, 0.6) is 5.75 Å². The van der Waals surface area contributed by atoms with Crippen LogP contribution in [0.25, 0.3) is 4.96 Å². The van der Waals surface area contributed by atoms with Gasteiger partial charge in [-0.3, -0.25) is 0 Å². The number of nitrogens with zero attached hydrogens (tertiary/aromatic N) is 3. The maximum atomic E-state index is 11.3. The van der Waals surface area contributed by atoms with Crippen molar-refractivity contribution < 1.29 is 14.6 Å². The molecule has 0 saturated heterocycles. The summed E-state index contributed by atoms with van der Waals surface area (Å²) in [5, 5.41) is 14.4. The molecule has 0 amide bonds. The number of ether oxygens (including phenoxy) is 1. The Hall–Kier alpha value is -2.41. The van der Waals surface area contributed by atoms with Crippen LogP contribution in [-0.2, 0) is 6.42 Å². The van der Waals surface area contributed by atoms with E-state index in [1.807, 2.05) is 12.1 Å². The van der Waals surface area contributed by atoms with E-state index in [0.29, 0.717) is 29.6 Å². The molecule has 0 atom stereocenters. The van der Waals surface area contributed by atoms with Gasteiger partial charge in [-0.15, -0.1) is 0 Å². The number of benzene rings is 1. The summed E-state index contributed by atoms with van der Waals surface area (Å²) in [6, 6.07) is 8.07. The fraction of sp³-hybridized carbons (Fsp3) is 0.353. The Balaban J connectivity index is 1.64. The molecule has 0 fully saturated rings. The number of aromatic carboxylic acids is 1. The van der Waals surface area contributed by atoms with Gasteiger partial charge in [0.25, 0.3) is 0 Å². The Morgan fingerprint density at radius 3 is 2.67 bits per heavy atom. The van der Waals surface area contributed by atoms with E-state index in [1.165, 1.54) is 21.4 Å². The van der Waals surface area contributed by atoms with Gasteiger partial charge < -0.3 is 9.84 Å². The molecule has 0 radical (unpaired) electrons. The number of carboxylic acid groups (broad SMARTS) is 1. The van der Waals surface area contributed by atoms with Crippen LogP contribution in [0.1, 0.15) is 46.5 Å². The lowest BCUT2D eigenvalue weighted by molar-refractivity contribution is 0.0687. The predicted molar refractivity (Wildman–Crippen MR) is 92.3 cm³/mol. The number of rotatable bonds is 6. The molecule has 3 aromatic rings. The van der Waals surface area contributed by atoms with E-state index in [9.17, 15) is 9.90 Å². The minimum absolute atomic E-state index is 0.123. The topological polar surface area (TPSA) is 76.7 Å². The highest BCUT2D eigenvalue weighted by Gasteiger charge is 2.19. The number of aryl methyl sites for hydroxylation is 1. The van der Waals surface area contributed by atoms with Crippen molar-refractivity contribution in [3.8, 4) is 5.75 Å². The molecule has 0 aliphatic rings. The van der Waals surface area contributed by atoms with E-state index in [1.54, 1.807) is 6.92 Å². The van der Waals surface area contributed by atoms with E-state index in [4.69, 9.17) is 4.74 Å². The molecule has 0 spiro atoms. The Bertz CT molecular complexity index is 865. The predicted octanol–water partition coefficient (Wildman–Crippen LogP) is 3.54. The van der Waals surface area contributed by atoms with Gasteiger partial charge in [-0.05, 0) is 30.5 Å². The summed E-state index contributed by atoms with van der Waals surface area (Å²) in [5.74, 6) is 0.304. The van der Waals surface area contributed by atoms with Gasteiger partial charge in [-0.2, -0.15) is 9.61 Å². The Morgan fingerprint density at radius 2 is 2.04 bits per heavy atom. The van der Waals surface area contributed by atoms with Gasteiger partial charge >= 0.3 is 5.97 Å². The van der Waals surface area contributed by atoms with Crippen molar-refractivity contribution in [1.29, 1.82) is 0 Å². The monoisotopic (exact) mass is 345 g/mol. The van der Waals surface area contributed by atoms with Crippen molar-refractivity contribution in [2.24, 2.45) is 0 Å². The first-order chi connectivity index (χ1) is 11.5. The van der Waals surface area contributed by atoms with Gasteiger partial charge in [-0.25, -0.2) is 9.78 Å². The van der Waals surface area contributed by atoms with Crippen LogP contribution in [0, 0.1) is 6.92 Å². The number of fused-ring (bicyclic) bond motifs is 1. The van der Waals surface area contributed by atoms with Crippen LogP contribution in [-0.4, -0.2) is 32.3 Å². The first kappa shape index (κ1) is 16.4. The zero-order chi connectivity index (χ0) is 17.3. The third-order valence-electron chi connectivity index (χ3n) is 3.75. The lowest BCUT2D eigenvalue weighted by Gasteiger charge is -2.08. The minimum atomic E-state index is -1.02. The molecule has 3 rings (SSSR count). The third kappa shape index (κ3) is 3.26. The van der Waals surface area contributed by atoms with Crippen molar-refractivity contribution in [3.05, 3.63) is 46.2 Å². The van der Waals surface area contributed by atoms with Crippen LogP contribution in [0.15, 0.2) is 24.3 Å². The molecule has 0 saturated carbocycles. The Labute approximate surface area is 143 Å². The molecule has 126 valence electrons. The molecular formula is C17H19N3O3S. The van der Waals surface area contributed by atoms with Crippen molar-refractivity contribution >= 4 is 22.3 Å². The van der Waals surface area contributed by atoms with Crippen LogP contribution < -0.4 is 4.74 Å². The second kappa shape index (κ2) is 6.60. The normalized spacial score (nSPS) is 11.3. The molecule has 0 aliphatic heterocycles. The standard InChI is InChI=1S/C17H19N3O3S/c1-10(2)12-4-6-13(7-5-12)23-9-8-14-19-20-15(16(21)22)11(3)18-17(20)24-14/h4-7,10H,8-9H2,1-3H3,(H,21,22). The number of imidazole rings is 1. The number of aromatic nitrogens is 3. The average molecular weight is 345 g/mol. The molecule has 2 heterocycles. The zero-order valence-electron chi connectivity index (χ0n) is 13.8. The third-order valence-corrected chi connectivity index (χ3v) is 4.72. The van der Waals surface area contributed by atoms with Gasteiger partial charge in [0, 0.05) is 6.42 Å². The van der Waals surface area contributed by atoms with E-state index in [0.717, 1.165) is 10.8 Å². The molecule has 6 nitrogen and oxygen atoms in total. The van der Waals surface area contributed by atoms with Crippen molar-refractivity contribution in [2.75, 3.05) is 6.61 Å². The van der Waals surface area contributed by atoms with Gasteiger partial charge in [0.2, 0.25) is 4.96 Å². The van der Waals surface area contributed by atoms with Crippen molar-refractivity contribution in [2.45, 2.75) is 33.1 Å². The average Bonchev–Trinajstić information content (AvgIpc) is 3.03. The van der Waals surface area contributed by atoms with E-state index >= 15 is 0 Å². The molecule has 0 unspecified atom stereocenters. The summed E-state index contributed by atoms with van der Waals surface area (Å²) in [7, 11) is 0. The summed E-state index contributed by atoms with van der Waals surface area (Å²) in [4.78, 5) is 16.1. The van der Waals surface area contributed by atoms with Gasteiger partial charge in [0.05, 0.1) is 12.3 Å². The molecule has 1 N–H and O–H groups in total. The van der Waals surface area contributed by atoms with E-state index in [2.05, 4.69) is 36.1 Å². The maximum absolute atomic E-state index is 11.3. The lowest BCUT2D eigenvalue weighted by atomic mass is 10.0. The molecule has 24 heavy (non-hydrogen) atoms. The molecule has 0 bridgehead atoms. The van der Waals surface area contributed by atoms with Crippen LogP contribution in [0.2, 0.25) is 0 Å². The largest absolute Gasteiger partial charge is 0.493 e. The van der Waals surface area contributed by atoms with Crippen molar-refractivity contribution in [3.63, 3.8) is 0 Å². The summed E-state index contributed by atoms with van der Waals surface area (Å²) in [5.41, 5.74) is 1.88. The van der Waals surface area contributed by atoms with Gasteiger partial charge in [0.15, 0.2) is 5.69 Å². The SMILES string of the molecule is Cc1nc2sc(CCOc3ccc(C(C)C)cc3)nn2c1C(=O)O. The van der Waals surface area contributed by atoms with Crippen LogP contribution in [0.3, 0.4) is 0 Å². The first-order valence-corrected chi connectivity index (χ1v) is 8.58. The lowest BCUT2D eigenvalue weighted by Crippen LogP contribution is -2.06. The van der Waals surface area contributed by atoms with Crippen LogP contribution in [0.4, 0.5) is 0 Å². The quantitative estimate of drug-likeness (QED) is 0.739. The molecular weight excluding hydrogens is 326 g/mol. The number of hydrogen-bond acceptors (Lipinski definition) is 5. The highest BCUT2D eigenvalue weighted by Crippen LogP contribution is 2.21. The maximum Gasteiger partial charge on any atom is 0.356 e.